The van der Waals surface area contributed by atoms with Crippen molar-refractivity contribution >= 4 is 22.2 Å². The Morgan fingerprint density at radius 1 is 1.00 bits per heavy atom. The summed E-state index contributed by atoms with van der Waals surface area (Å²) >= 11 is 0. The fraction of sp³-hybridized carbons (Fsp3) is 0.583. The Kier molecular flexibility index (Phi) is 6.40. The minimum atomic E-state index is -6.00. The van der Waals surface area contributed by atoms with Gasteiger partial charge in [0.2, 0.25) is 0 Å². The van der Waals surface area contributed by atoms with E-state index >= 15 is 0 Å². The molecule has 1 heterocycles. The van der Waals surface area contributed by atoms with E-state index in [1.165, 1.54) is 5.57 Å². The fourth-order valence-electron chi connectivity index (χ4n) is 1.72. The Labute approximate surface area is 108 Å². The summed E-state index contributed by atoms with van der Waals surface area (Å²) in [5, 5.41) is 6.43. The molecule has 0 unspecified atom stereocenters. The van der Waals surface area contributed by atoms with Crippen LogP contribution in [0.2, 0.25) is 0 Å². The van der Waals surface area contributed by atoms with Crippen LogP contribution < -0.4 is 0 Å². The summed E-state index contributed by atoms with van der Waals surface area (Å²) in [6.45, 7) is 11.5. The van der Waals surface area contributed by atoms with Gasteiger partial charge in [-0.3, -0.25) is 0 Å². The highest BCUT2D eigenvalue weighted by Crippen LogP contribution is 2.25. The standard InChI is InChI=1S/C12H21S.BF4/c1-10(2)13(11(3)4)8-6-12(5)7-9-13;2-1(3,4)5/h6-11H,1-5H3;/q+1;-1. The maximum atomic E-state index is 9.75. The SMILES string of the molecule is CC1=CC=[S+](C(C)C)(C(C)C)C=C1.F[B-](F)(F)F. The van der Waals surface area contributed by atoms with Crippen molar-refractivity contribution in [2.24, 2.45) is 0 Å². The van der Waals surface area contributed by atoms with Gasteiger partial charge in [0.15, 0.2) is 0 Å². The lowest BCUT2D eigenvalue weighted by Gasteiger charge is -2.26. The Bertz CT molecular complexity index is 360. The summed E-state index contributed by atoms with van der Waals surface area (Å²) in [6.07, 6.45) is 4.57. The van der Waals surface area contributed by atoms with Crippen molar-refractivity contribution in [3.63, 3.8) is 0 Å². The van der Waals surface area contributed by atoms with Crippen molar-refractivity contribution in [2.45, 2.75) is 45.1 Å². The van der Waals surface area contributed by atoms with E-state index in [2.05, 4.69) is 57.5 Å². The Balaban J connectivity index is 0.000000494. The zero-order chi connectivity index (χ0) is 14.6. The zero-order valence-corrected chi connectivity index (χ0v) is 12.3. The quantitative estimate of drug-likeness (QED) is 0.302. The third-order valence-corrected chi connectivity index (χ3v) is 7.25. The topological polar surface area (TPSA) is 0 Å². The molecule has 0 atom stereocenters. The van der Waals surface area contributed by atoms with Crippen LogP contribution in [0.1, 0.15) is 34.6 Å². The lowest BCUT2D eigenvalue weighted by molar-refractivity contribution is 0.368. The highest BCUT2D eigenvalue weighted by atomic mass is 32.2. The minimum Gasteiger partial charge on any atom is -0.418 e. The van der Waals surface area contributed by atoms with Crippen molar-refractivity contribution in [3.05, 3.63) is 23.1 Å². The second-order valence-corrected chi connectivity index (χ2v) is 8.82. The molecule has 0 nitrogen and oxygen atoms in total. The molecule has 0 fully saturated rings. The molecule has 106 valence electrons. The first-order chi connectivity index (χ1) is 7.99. The van der Waals surface area contributed by atoms with Gasteiger partial charge in [0.1, 0.15) is 0 Å². The number of hydrogen-bond donors (Lipinski definition) is 0. The summed E-state index contributed by atoms with van der Waals surface area (Å²) in [5.74, 6) is 0. The molecule has 0 saturated heterocycles. The average Bonchev–Trinajstić information content (AvgIpc) is 2.15. The molecule has 0 amide bonds. The molecule has 6 heteroatoms. The van der Waals surface area contributed by atoms with Crippen LogP contribution in [0, 0.1) is 0 Å². The third-order valence-electron chi connectivity index (χ3n) is 2.77. The van der Waals surface area contributed by atoms with Gasteiger partial charge < -0.3 is 17.3 Å². The van der Waals surface area contributed by atoms with Gasteiger partial charge in [-0.25, -0.2) is 0 Å². The summed E-state index contributed by atoms with van der Waals surface area (Å²) < 4.78 is 39.0. The molecule has 0 aromatic heterocycles. The highest BCUT2D eigenvalue weighted by Gasteiger charge is 2.28. The summed E-state index contributed by atoms with van der Waals surface area (Å²) in [5.41, 5.74) is 1.38. The number of hydrogen-bond acceptors (Lipinski definition) is 0. The summed E-state index contributed by atoms with van der Waals surface area (Å²) in [7, 11) is -6.65. The predicted molar refractivity (Wildman–Crippen MR) is 76.8 cm³/mol. The van der Waals surface area contributed by atoms with Gasteiger partial charge in [0.05, 0.1) is 21.3 Å². The molecule has 18 heavy (non-hydrogen) atoms. The number of allylic oxidation sites excluding steroid dienone is 3. The lowest BCUT2D eigenvalue weighted by atomic mass is 10.3. The van der Waals surface area contributed by atoms with Crippen molar-refractivity contribution in [2.75, 3.05) is 0 Å². The van der Waals surface area contributed by atoms with Crippen LogP contribution in [-0.4, -0.2) is 23.1 Å². The van der Waals surface area contributed by atoms with Crippen molar-refractivity contribution < 1.29 is 17.3 Å². The van der Waals surface area contributed by atoms with Crippen LogP contribution >= 0.6 is 0 Å². The first-order valence-corrected chi connectivity index (χ1v) is 7.75. The molecule has 0 aromatic carbocycles. The van der Waals surface area contributed by atoms with Gasteiger partial charge in [-0.05, 0) is 52.3 Å². The molecule has 0 saturated carbocycles. The van der Waals surface area contributed by atoms with Crippen LogP contribution in [-0.2, 0) is 9.62 Å². The van der Waals surface area contributed by atoms with Crippen LogP contribution in [0.25, 0.3) is 0 Å². The molecular formula is C12H21BF4S. The highest BCUT2D eigenvalue weighted by molar-refractivity contribution is 8.15. The van der Waals surface area contributed by atoms with Gasteiger partial charge in [-0.2, -0.15) is 0 Å². The third kappa shape index (κ3) is 5.89. The second kappa shape index (κ2) is 6.59. The van der Waals surface area contributed by atoms with Crippen molar-refractivity contribution in [1.82, 2.24) is 0 Å². The molecule has 0 aromatic rings. The van der Waals surface area contributed by atoms with E-state index in [0.29, 0.717) is 0 Å². The molecular weight excluding hydrogens is 263 g/mol. The first kappa shape index (κ1) is 17.5. The monoisotopic (exact) mass is 284 g/mol. The molecule has 0 spiro atoms. The van der Waals surface area contributed by atoms with Gasteiger partial charge in [0, 0.05) is 0 Å². The van der Waals surface area contributed by atoms with Crippen molar-refractivity contribution in [3.8, 4) is 0 Å². The maximum absolute atomic E-state index is 9.75. The Morgan fingerprint density at radius 2 is 1.39 bits per heavy atom. The van der Waals surface area contributed by atoms with E-state index in [4.69, 9.17) is 0 Å². The molecule has 0 bridgehead atoms. The molecule has 0 radical (unpaired) electrons. The van der Waals surface area contributed by atoms with Crippen LogP contribution in [0.4, 0.5) is 17.3 Å². The normalized spacial score (nSPS) is 18.1. The molecule has 0 aliphatic carbocycles. The van der Waals surface area contributed by atoms with E-state index in [-0.39, 0.29) is 0 Å². The average molecular weight is 284 g/mol. The first-order valence-electron chi connectivity index (χ1n) is 5.87. The zero-order valence-electron chi connectivity index (χ0n) is 11.5. The van der Waals surface area contributed by atoms with E-state index in [1.807, 2.05) is 0 Å². The summed E-state index contributed by atoms with van der Waals surface area (Å²) in [6, 6.07) is 0. The van der Waals surface area contributed by atoms with Gasteiger partial charge >= 0.3 is 7.25 Å². The van der Waals surface area contributed by atoms with E-state index < -0.39 is 16.9 Å². The number of rotatable bonds is 2. The molecule has 1 rings (SSSR count). The van der Waals surface area contributed by atoms with Gasteiger partial charge in [-0.15, -0.1) is 0 Å². The second-order valence-electron chi connectivity index (χ2n) is 4.76. The smallest absolute Gasteiger partial charge is 0.418 e. The summed E-state index contributed by atoms with van der Waals surface area (Å²) in [4.78, 5) is 0. The van der Waals surface area contributed by atoms with Crippen molar-refractivity contribution in [1.29, 1.82) is 0 Å². The number of halogens is 4. The van der Waals surface area contributed by atoms with E-state index in [0.717, 1.165) is 10.5 Å². The lowest BCUT2D eigenvalue weighted by Crippen LogP contribution is -2.32. The minimum absolute atomic E-state index is 0.646. The largest absolute Gasteiger partial charge is 0.673 e. The molecule has 1 aliphatic rings. The van der Waals surface area contributed by atoms with Gasteiger partial charge in [-0.1, -0.05) is 9.62 Å². The van der Waals surface area contributed by atoms with Crippen LogP contribution in [0.3, 0.4) is 0 Å². The fourth-order valence-corrected chi connectivity index (χ4v) is 5.06. The van der Waals surface area contributed by atoms with Crippen LogP contribution in [0.15, 0.2) is 23.1 Å². The maximum Gasteiger partial charge on any atom is 0.673 e. The molecule has 1 aliphatic heterocycles. The predicted octanol–water partition coefficient (Wildman–Crippen LogP) is 4.53. The van der Waals surface area contributed by atoms with E-state index in [9.17, 15) is 17.3 Å². The Hall–Kier alpha value is -0.515. The molecule has 0 N–H and O–H groups in total. The van der Waals surface area contributed by atoms with Gasteiger partial charge in [0.25, 0.3) is 0 Å². The van der Waals surface area contributed by atoms with Crippen LogP contribution in [0.5, 0.6) is 0 Å². The Morgan fingerprint density at radius 3 is 1.61 bits per heavy atom. The van der Waals surface area contributed by atoms with E-state index in [1.54, 1.807) is 0 Å².